The molecular formula is C21H25N5O4. The van der Waals surface area contributed by atoms with Gasteiger partial charge in [0, 0.05) is 45.5 Å². The quantitative estimate of drug-likeness (QED) is 0.400. The molecule has 1 aromatic heterocycles. The summed E-state index contributed by atoms with van der Waals surface area (Å²) < 4.78 is 5.27. The number of rotatable bonds is 7. The minimum absolute atomic E-state index is 0.0344. The number of amides is 1. The molecule has 1 aliphatic heterocycles. The summed E-state index contributed by atoms with van der Waals surface area (Å²) in [5.41, 5.74) is 2.84. The molecule has 2 aromatic rings. The van der Waals surface area contributed by atoms with Crippen molar-refractivity contribution >= 4 is 23.9 Å². The van der Waals surface area contributed by atoms with Gasteiger partial charge in [-0.05, 0) is 5.56 Å². The molecule has 2 N–H and O–H groups in total. The second kappa shape index (κ2) is 10.5. The predicted octanol–water partition coefficient (Wildman–Crippen LogP) is 1.36. The zero-order valence-corrected chi connectivity index (χ0v) is 16.8. The number of ether oxygens (including phenoxy) is 1. The van der Waals surface area contributed by atoms with Crippen molar-refractivity contribution in [2.24, 2.45) is 0 Å². The average Bonchev–Trinajstić information content (AvgIpc) is 2.79. The first-order chi connectivity index (χ1) is 14.6. The first kappa shape index (κ1) is 21.4. The molecule has 0 bridgehead atoms. The summed E-state index contributed by atoms with van der Waals surface area (Å²) in [7, 11) is 0. The molecule has 0 aliphatic carbocycles. The normalized spacial score (nSPS) is 15.7. The van der Waals surface area contributed by atoms with Gasteiger partial charge in [0.25, 0.3) is 5.91 Å². The van der Waals surface area contributed by atoms with Crippen LogP contribution in [0.2, 0.25) is 0 Å². The molecule has 9 heteroatoms. The maximum absolute atomic E-state index is 11.4. The van der Waals surface area contributed by atoms with Crippen LogP contribution in [0, 0.1) is 0 Å². The van der Waals surface area contributed by atoms with Crippen LogP contribution in [0.1, 0.15) is 22.8 Å². The molecular weight excluding hydrogens is 386 g/mol. The zero-order valence-electron chi connectivity index (χ0n) is 16.8. The highest BCUT2D eigenvalue weighted by molar-refractivity contribution is 5.92. The Kier molecular flexibility index (Phi) is 7.47. The van der Waals surface area contributed by atoms with Crippen LogP contribution in [0.15, 0.2) is 48.8 Å². The topological polar surface area (TPSA) is 108 Å². The summed E-state index contributed by atoms with van der Waals surface area (Å²) in [6.07, 6.45) is 6.86. The lowest BCUT2D eigenvalue weighted by atomic mass is 10.1. The molecule has 9 nitrogen and oxygen atoms in total. The van der Waals surface area contributed by atoms with Gasteiger partial charge in [0.1, 0.15) is 6.61 Å². The molecule has 1 fully saturated rings. The number of hydroxylamine groups is 1. The van der Waals surface area contributed by atoms with Crippen LogP contribution in [0.3, 0.4) is 0 Å². The van der Waals surface area contributed by atoms with E-state index in [1.54, 1.807) is 5.48 Å². The lowest BCUT2D eigenvalue weighted by Gasteiger charge is -2.38. The van der Waals surface area contributed by atoms with Crippen molar-refractivity contribution in [3.63, 3.8) is 0 Å². The molecule has 1 aliphatic rings. The van der Waals surface area contributed by atoms with Crippen LogP contribution >= 0.6 is 0 Å². The summed E-state index contributed by atoms with van der Waals surface area (Å²) >= 11 is 0. The summed E-state index contributed by atoms with van der Waals surface area (Å²) in [5.74, 6) is -0.419. The third-order valence-corrected chi connectivity index (χ3v) is 4.84. The lowest BCUT2D eigenvalue weighted by molar-refractivity contribution is -0.142. The monoisotopic (exact) mass is 411 g/mol. The molecule has 1 amide bonds. The average molecular weight is 411 g/mol. The van der Waals surface area contributed by atoms with E-state index < -0.39 is 5.91 Å². The number of carbonyl (C=O) groups excluding carboxylic acids is 2. The number of hydrogen-bond donors (Lipinski definition) is 2. The predicted molar refractivity (Wildman–Crippen MR) is 111 cm³/mol. The van der Waals surface area contributed by atoms with E-state index in [9.17, 15) is 9.59 Å². The molecule has 158 valence electrons. The van der Waals surface area contributed by atoms with Crippen molar-refractivity contribution < 1.29 is 19.5 Å². The Labute approximate surface area is 175 Å². The number of aromatic nitrogens is 2. The molecule has 0 saturated carbocycles. The molecule has 2 heterocycles. The Morgan fingerprint density at radius 3 is 2.43 bits per heavy atom. The van der Waals surface area contributed by atoms with Crippen molar-refractivity contribution in [3.05, 3.63) is 59.9 Å². The van der Waals surface area contributed by atoms with Crippen molar-refractivity contribution in [2.45, 2.75) is 13.0 Å². The number of anilines is 1. The standard InChI is InChI=1S/C21H25N5O4/c1-16(27)30-15-19(8-7-17-5-3-2-4-6-17)25-9-11-26(12-10-25)21-22-13-18(14-23-21)20(28)24-29/h2-8,13-14,19,29H,9-12,15H2,1H3,(H,24,28)/b8-7+. The molecule has 0 spiro atoms. The highest BCUT2D eigenvalue weighted by atomic mass is 16.5. The van der Waals surface area contributed by atoms with Gasteiger partial charge in [-0.2, -0.15) is 0 Å². The fourth-order valence-corrected chi connectivity index (χ4v) is 3.19. The highest BCUT2D eigenvalue weighted by Crippen LogP contribution is 2.15. The number of nitrogens with one attached hydrogen (secondary N) is 1. The van der Waals surface area contributed by atoms with E-state index >= 15 is 0 Å². The Hall–Kier alpha value is -3.30. The van der Waals surface area contributed by atoms with E-state index in [0.717, 1.165) is 18.7 Å². The molecule has 3 rings (SSSR count). The Morgan fingerprint density at radius 1 is 1.17 bits per heavy atom. The van der Waals surface area contributed by atoms with Gasteiger partial charge in [-0.1, -0.05) is 42.5 Å². The van der Waals surface area contributed by atoms with Crippen LogP contribution in [0.5, 0.6) is 0 Å². The molecule has 0 radical (unpaired) electrons. The van der Waals surface area contributed by atoms with Gasteiger partial charge in [0.15, 0.2) is 0 Å². The molecule has 1 saturated heterocycles. The van der Waals surface area contributed by atoms with E-state index in [1.165, 1.54) is 19.3 Å². The fourth-order valence-electron chi connectivity index (χ4n) is 3.19. The van der Waals surface area contributed by atoms with E-state index in [1.807, 2.05) is 41.3 Å². The van der Waals surface area contributed by atoms with Crippen LogP contribution in [0.25, 0.3) is 6.08 Å². The maximum atomic E-state index is 11.4. The van der Waals surface area contributed by atoms with E-state index in [2.05, 4.69) is 20.9 Å². The van der Waals surface area contributed by atoms with Crippen LogP contribution in [-0.4, -0.2) is 70.8 Å². The first-order valence-electron chi connectivity index (χ1n) is 9.69. The molecule has 1 aromatic carbocycles. The summed E-state index contributed by atoms with van der Waals surface area (Å²) in [5, 5.41) is 8.67. The van der Waals surface area contributed by atoms with Crippen LogP contribution < -0.4 is 10.4 Å². The van der Waals surface area contributed by atoms with Gasteiger partial charge in [0.05, 0.1) is 11.6 Å². The Morgan fingerprint density at radius 2 is 1.83 bits per heavy atom. The van der Waals surface area contributed by atoms with E-state index in [-0.39, 0.29) is 17.6 Å². The van der Waals surface area contributed by atoms with Crippen molar-refractivity contribution in [2.75, 3.05) is 37.7 Å². The number of carbonyl (C=O) groups is 2. The number of piperazine rings is 1. The smallest absolute Gasteiger partial charge is 0.302 e. The fraction of sp³-hybridized carbons (Fsp3) is 0.333. The van der Waals surface area contributed by atoms with Crippen molar-refractivity contribution in [1.82, 2.24) is 20.3 Å². The van der Waals surface area contributed by atoms with E-state index in [4.69, 9.17) is 9.94 Å². The Bertz CT molecular complexity index is 865. The molecule has 1 atom stereocenters. The van der Waals surface area contributed by atoms with Gasteiger partial charge in [-0.25, -0.2) is 15.4 Å². The van der Waals surface area contributed by atoms with Crippen LogP contribution in [-0.2, 0) is 9.53 Å². The van der Waals surface area contributed by atoms with Crippen molar-refractivity contribution in [1.29, 1.82) is 0 Å². The minimum Gasteiger partial charge on any atom is -0.464 e. The van der Waals surface area contributed by atoms with Gasteiger partial charge >= 0.3 is 5.97 Å². The third kappa shape index (κ3) is 5.85. The zero-order chi connectivity index (χ0) is 21.3. The van der Waals surface area contributed by atoms with Crippen molar-refractivity contribution in [3.8, 4) is 0 Å². The molecule has 30 heavy (non-hydrogen) atoms. The number of nitrogens with zero attached hydrogens (tertiary/aromatic N) is 4. The summed E-state index contributed by atoms with van der Waals surface area (Å²) in [6, 6.07) is 9.94. The largest absolute Gasteiger partial charge is 0.464 e. The number of benzene rings is 1. The maximum Gasteiger partial charge on any atom is 0.302 e. The number of hydrogen-bond acceptors (Lipinski definition) is 8. The second-order valence-corrected chi connectivity index (χ2v) is 6.88. The van der Waals surface area contributed by atoms with Gasteiger partial charge < -0.3 is 9.64 Å². The third-order valence-electron chi connectivity index (χ3n) is 4.84. The van der Waals surface area contributed by atoms with Crippen LogP contribution in [0.4, 0.5) is 5.95 Å². The lowest BCUT2D eigenvalue weighted by Crippen LogP contribution is -2.51. The first-order valence-corrected chi connectivity index (χ1v) is 9.69. The van der Waals surface area contributed by atoms with Gasteiger partial charge in [-0.15, -0.1) is 0 Å². The van der Waals surface area contributed by atoms with E-state index in [0.29, 0.717) is 25.6 Å². The van der Waals surface area contributed by atoms with Gasteiger partial charge in [0.2, 0.25) is 5.95 Å². The van der Waals surface area contributed by atoms with Gasteiger partial charge in [-0.3, -0.25) is 19.7 Å². The summed E-state index contributed by atoms with van der Waals surface area (Å²) in [4.78, 5) is 35.4. The Balaban J connectivity index is 1.62. The SMILES string of the molecule is CC(=O)OCC(/C=C/c1ccccc1)N1CCN(c2ncc(C(=O)NO)cn2)CC1. The number of esters is 1. The highest BCUT2D eigenvalue weighted by Gasteiger charge is 2.24. The summed E-state index contributed by atoms with van der Waals surface area (Å²) in [6.45, 7) is 4.58. The minimum atomic E-state index is -0.648. The second-order valence-electron chi connectivity index (χ2n) is 6.88. The molecule has 1 unspecified atom stereocenters.